The molecule has 1 saturated heterocycles. The predicted octanol–water partition coefficient (Wildman–Crippen LogP) is 3.37. The Morgan fingerprint density at radius 1 is 1.07 bits per heavy atom. The van der Waals surface area contributed by atoms with Gasteiger partial charge in [0.25, 0.3) is 11.6 Å². The van der Waals surface area contributed by atoms with E-state index in [-0.39, 0.29) is 23.7 Å². The topological polar surface area (TPSA) is 145 Å². The summed E-state index contributed by atoms with van der Waals surface area (Å²) in [5.74, 6) is -0.402. The average molecular weight is 410 g/mol. The van der Waals surface area contributed by atoms with Crippen LogP contribution < -0.4 is 10.1 Å². The second-order valence-electron chi connectivity index (χ2n) is 6.03. The van der Waals surface area contributed by atoms with Gasteiger partial charge in [-0.1, -0.05) is 18.2 Å². The van der Waals surface area contributed by atoms with E-state index < -0.39 is 33.2 Å². The quantitative estimate of drug-likeness (QED) is 0.242. The number of non-ortho nitro benzene ring substituents is 1. The van der Waals surface area contributed by atoms with E-state index in [4.69, 9.17) is 4.74 Å². The predicted molar refractivity (Wildman–Crippen MR) is 105 cm³/mol. The maximum Gasteiger partial charge on any atom is 0.329 e. The Morgan fingerprint density at radius 3 is 2.37 bits per heavy atom. The molecule has 1 aliphatic heterocycles. The molecule has 11 nitrogen and oxygen atoms in total. The van der Waals surface area contributed by atoms with Crippen molar-refractivity contribution in [1.82, 2.24) is 10.2 Å². The first-order valence-corrected chi connectivity index (χ1v) is 8.46. The number of carbonyl (C=O) groups is 2. The third-order valence-electron chi connectivity index (χ3n) is 4.04. The van der Waals surface area contributed by atoms with Crippen molar-refractivity contribution < 1.29 is 24.2 Å². The van der Waals surface area contributed by atoms with E-state index in [1.807, 2.05) is 0 Å². The first-order chi connectivity index (χ1) is 14.3. The number of imide groups is 1. The zero-order chi connectivity index (χ0) is 21.8. The molecule has 30 heavy (non-hydrogen) atoms. The van der Waals surface area contributed by atoms with Gasteiger partial charge in [0.05, 0.1) is 15.9 Å². The van der Waals surface area contributed by atoms with Crippen LogP contribution in [0.2, 0.25) is 0 Å². The first-order valence-electron chi connectivity index (χ1n) is 8.46. The second-order valence-corrected chi connectivity index (χ2v) is 6.03. The smallest absolute Gasteiger partial charge is 0.329 e. The normalized spacial score (nSPS) is 14.5. The van der Waals surface area contributed by atoms with Crippen molar-refractivity contribution in [3.63, 3.8) is 0 Å². The van der Waals surface area contributed by atoms with E-state index in [0.717, 1.165) is 23.1 Å². The number of benzene rings is 2. The van der Waals surface area contributed by atoms with Gasteiger partial charge in [0.2, 0.25) is 5.75 Å². The molecule has 3 rings (SSSR count). The highest BCUT2D eigenvalue weighted by atomic mass is 16.6. The number of nitrogens with zero attached hydrogens (tertiary/aromatic N) is 3. The molecular formula is C19H14N4O7. The van der Waals surface area contributed by atoms with Crippen LogP contribution in [0.3, 0.4) is 0 Å². The van der Waals surface area contributed by atoms with Crippen LogP contribution in [0.15, 0.2) is 60.8 Å². The van der Waals surface area contributed by atoms with Crippen molar-refractivity contribution >= 4 is 29.4 Å². The van der Waals surface area contributed by atoms with Crippen LogP contribution in [0.5, 0.6) is 11.5 Å². The molecule has 2 aromatic rings. The lowest BCUT2D eigenvalue weighted by Gasteiger charge is -2.07. The number of nitrogens with one attached hydrogen (secondary N) is 1. The minimum absolute atomic E-state index is 0.0861. The molecule has 0 atom stereocenters. The Morgan fingerprint density at radius 2 is 1.77 bits per heavy atom. The molecule has 1 aliphatic rings. The highest BCUT2D eigenvalue weighted by Gasteiger charge is 2.32. The molecule has 0 unspecified atom stereocenters. The number of amides is 3. The lowest BCUT2D eigenvalue weighted by Crippen LogP contribution is -2.30. The molecule has 152 valence electrons. The van der Waals surface area contributed by atoms with Crippen molar-refractivity contribution in [2.24, 2.45) is 0 Å². The van der Waals surface area contributed by atoms with Crippen LogP contribution in [0.1, 0.15) is 5.56 Å². The monoisotopic (exact) mass is 410 g/mol. The first kappa shape index (κ1) is 20.2. The van der Waals surface area contributed by atoms with Gasteiger partial charge in [0.15, 0.2) is 0 Å². The molecule has 0 aliphatic carbocycles. The SMILES string of the molecule is C=CCN1C(=O)N/C(=C/c2ccc(Oc3ccc([N+](=O)[O-])cc3[N+](=O)[O-])cc2)C1=O. The Bertz CT molecular complexity index is 1090. The summed E-state index contributed by atoms with van der Waals surface area (Å²) in [6, 6.07) is 8.68. The Labute approximate surface area is 169 Å². The molecule has 11 heteroatoms. The zero-order valence-electron chi connectivity index (χ0n) is 15.3. The van der Waals surface area contributed by atoms with Gasteiger partial charge in [0, 0.05) is 12.6 Å². The fourth-order valence-electron chi connectivity index (χ4n) is 2.64. The van der Waals surface area contributed by atoms with Gasteiger partial charge in [-0.15, -0.1) is 6.58 Å². The van der Waals surface area contributed by atoms with Gasteiger partial charge in [0.1, 0.15) is 11.4 Å². The maximum atomic E-state index is 12.2. The number of carbonyl (C=O) groups excluding carboxylic acids is 2. The van der Waals surface area contributed by atoms with E-state index in [0.29, 0.717) is 5.56 Å². The largest absolute Gasteiger partial charge is 0.450 e. The van der Waals surface area contributed by atoms with E-state index in [9.17, 15) is 29.8 Å². The van der Waals surface area contributed by atoms with Crippen molar-refractivity contribution in [3.05, 3.63) is 86.6 Å². The lowest BCUT2D eigenvalue weighted by atomic mass is 10.2. The molecule has 1 fully saturated rings. The molecule has 0 saturated carbocycles. The van der Waals surface area contributed by atoms with Crippen molar-refractivity contribution in [1.29, 1.82) is 0 Å². The Hall–Kier alpha value is -4.54. The van der Waals surface area contributed by atoms with Gasteiger partial charge in [-0.05, 0) is 29.8 Å². The summed E-state index contributed by atoms with van der Waals surface area (Å²) < 4.78 is 5.48. The van der Waals surface area contributed by atoms with E-state index in [1.165, 1.54) is 24.3 Å². The van der Waals surface area contributed by atoms with Gasteiger partial charge in [-0.3, -0.25) is 29.9 Å². The fraction of sp³-hybridized carbons (Fsp3) is 0.0526. The summed E-state index contributed by atoms with van der Waals surface area (Å²) in [5.41, 5.74) is -0.298. The Balaban J connectivity index is 1.80. The number of ether oxygens (including phenoxy) is 1. The number of hydrogen-bond donors (Lipinski definition) is 1. The number of nitro groups is 2. The van der Waals surface area contributed by atoms with Crippen LogP contribution in [0, 0.1) is 20.2 Å². The molecule has 1 heterocycles. The van der Waals surface area contributed by atoms with Gasteiger partial charge in [-0.25, -0.2) is 4.79 Å². The van der Waals surface area contributed by atoms with Crippen LogP contribution in [0.4, 0.5) is 16.2 Å². The molecule has 0 spiro atoms. The third-order valence-corrected chi connectivity index (χ3v) is 4.04. The zero-order valence-corrected chi connectivity index (χ0v) is 15.3. The summed E-state index contributed by atoms with van der Waals surface area (Å²) >= 11 is 0. The number of hydrogen-bond acceptors (Lipinski definition) is 7. The highest BCUT2D eigenvalue weighted by Crippen LogP contribution is 2.34. The minimum atomic E-state index is -0.773. The maximum absolute atomic E-state index is 12.2. The van der Waals surface area contributed by atoms with Crippen LogP contribution >= 0.6 is 0 Å². The molecule has 0 bridgehead atoms. The second kappa shape index (κ2) is 8.22. The van der Waals surface area contributed by atoms with Crippen LogP contribution in [-0.2, 0) is 4.79 Å². The molecule has 1 N–H and O–H groups in total. The summed E-state index contributed by atoms with van der Waals surface area (Å²) in [7, 11) is 0. The van der Waals surface area contributed by atoms with Gasteiger partial charge >= 0.3 is 11.7 Å². The molecule has 2 aromatic carbocycles. The van der Waals surface area contributed by atoms with Gasteiger partial charge in [-0.2, -0.15) is 0 Å². The third kappa shape index (κ3) is 4.14. The van der Waals surface area contributed by atoms with E-state index >= 15 is 0 Å². The molecule has 3 amide bonds. The van der Waals surface area contributed by atoms with Crippen LogP contribution in [-0.4, -0.2) is 33.2 Å². The summed E-state index contributed by atoms with van der Waals surface area (Å²) in [4.78, 5) is 45.4. The number of rotatable bonds is 7. The van der Waals surface area contributed by atoms with Crippen molar-refractivity contribution in [2.45, 2.75) is 0 Å². The molecule has 0 aromatic heterocycles. The summed E-state index contributed by atoms with van der Waals surface area (Å²) in [6.07, 6.45) is 2.91. The van der Waals surface area contributed by atoms with E-state index in [2.05, 4.69) is 11.9 Å². The van der Waals surface area contributed by atoms with Crippen LogP contribution in [0.25, 0.3) is 6.08 Å². The Kier molecular flexibility index (Phi) is 5.54. The average Bonchev–Trinajstić information content (AvgIpc) is 2.97. The van der Waals surface area contributed by atoms with E-state index in [1.54, 1.807) is 12.1 Å². The molecule has 0 radical (unpaired) electrons. The summed E-state index contributed by atoms with van der Waals surface area (Å²) in [5, 5.41) is 24.5. The fourth-order valence-corrected chi connectivity index (χ4v) is 2.64. The summed E-state index contributed by atoms with van der Waals surface area (Å²) in [6.45, 7) is 3.58. The van der Waals surface area contributed by atoms with Crippen molar-refractivity contribution in [3.8, 4) is 11.5 Å². The molecular weight excluding hydrogens is 396 g/mol. The van der Waals surface area contributed by atoms with Crippen molar-refractivity contribution in [2.75, 3.05) is 6.54 Å². The van der Waals surface area contributed by atoms with Gasteiger partial charge < -0.3 is 10.1 Å². The standard InChI is InChI=1S/C19H14N4O7/c1-2-9-21-18(24)15(20-19(21)25)10-12-3-6-14(7-4-12)30-17-8-5-13(22(26)27)11-16(17)23(28)29/h2-8,10-11H,1,9H2,(H,20,25)/b15-10+. The highest BCUT2D eigenvalue weighted by molar-refractivity contribution is 6.14. The minimum Gasteiger partial charge on any atom is -0.450 e. The number of urea groups is 1. The lowest BCUT2D eigenvalue weighted by molar-refractivity contribution is -0.394. The number of nitro benzene ring substituents is 2.